The average molecular weight is 772 g/mol. The first-order chi connectivity index (χ1) is 26.5. The van der Waals surface area contributed by atoms with Crippen molar-refractivity contribution < 1.29 is 32.3 Å². The Kier molecular flexibility index (Phi) is 11.5. The number of piperazine rings is 1. The molecule has 16 heteroatoms. The van der Waals surface area contributed by atoms with Crippen molar-refractivity contribution in [1.82, 2.24) is 34.2 Å². The number of imide groups is 1. The number of halogens is 3. The third kappa shape index (κ3) is 9.35. The van der Waals surface area contributed by atoms with E-state index < -0.39 is 35.2 Å². The second-order valence-corrected chi connectivity index (χ2v) is 14.7. The summed E-state index contributed by atoms with van der Waals surface area (Å²) in [6.45, 7) is 11.5. The number of hydrogen-bond acceptors (Lipinski definition) is 10. The summed E-state index contributed by atoms with van der Waals surface area (Å²) < 4.78 is 49.6. The number of nitrogen functional groups attached to an aromatic ring is 1. The molecule has 0 aliphatic carbocycles. The molecular weight excluding hydrogens is 727 g/mol. The second kappa shape index (κ2) is 16.1. The number of carbonyl (C=O) groups is 3. The van der Waals surface area contributed by atoms with Crippen LogP contribution in [-0.4, -0.2) is 97.0 Å². The van der Waals surface area contributed by atoms with Gasteiger partial charge in [0.1, 0.15) is 17.0 Å². The first-order valence-corrected chi connectivity index (χ1v) is 18.3. The van der Waals surface area contributed by atoms with E-state index in [2.05, 4.69) is 43.9 Å². The molecular formula is C40H44F3N9O4. The molecule has 5 heterocycles. The van der Waals surface area contributed by atoms with Crippen molar-refractivity contribution >= 4 is 29.5 Å². The van der Waals surface area contributed by atoms with Crippen LogP contribution in [0.2, 0.25) is 0 Å². The van der Waals surface area contributed by atoms with Crippen LogP contribution in [0.25, 0.3) is 11.4 Å². The first kappa shape index (κ1) is 39.9. The maximum atomic E-state index is 14.1. The summed E-state index contributed by atoms with van der Waals surface area (Å²) in [4.78, 5) is 57.4. The number of fused-ring (bicyclic) bond motifs is 1. The van der Waals surface area contributed by atoms with Crippen molar-refractivity contribution in [2.24, 2.45) is 7.05 Å². The molecule has 4 aromatic rings. The number of aromatic nitrogens is 4. The smallest absolute Gasteiger partial charge is 0.417 e. The summed E-state index contributed by atoms with van der Waals surface area (Å²) in [7, 11) is 1.78. The number of alkyl halides is 3. The Labute approximate surface area is 323 Å². The second-order valence-electron chi connectivity index (χ2n) is 14.7. The van der Waals surface area contributed by atoms with E-state index >= 15 is 0 Å². The number of pyridine rings is 1. The molecule has 1 aromatic carbocycles. The molecule has 2 aliphatic rings. The van der Waals surface area contributed by atoms with Gasteiger partial charge in [0, 0.05) is 76.5 Å². The van der Waals surface area contributed by atoms with E-state index in [0.717, 1.165) is 30.6 Å². The van der Waals surface area contributed by atoms with Gasteiger partial charge in [-0.25, -0.2) is 24.6 Å². The zero-order chi connectivity index (χ0) is 40.4. The van der Waals surface area contributed by atoms with Gasteiger partial charge in [0.15, 0.2) is 0 Å². The number of nitrogens with zero attached hydrogens (tertiary/aromatic N) is 7. The zero-order valence-electron chi connectivity index (χ0n) is 32.0. The third-order valence-electron chi connectivity index (χ3n) is 9.59. The Morgan fingerprint density at radius 1 is 0.982 bits per heavy atom. The molecule has 294 valence electrons. The topological polar surface area (TPSA) is 152 Å². The van der Waals surface area contributed by atoms with Crippen molar-refractivity contribution in [3.8, 4) is 23.2 Å². The summed E-state index contributed by atoms with van der Waals surface area (Å²) in [5.74, 6) is 4.97. The summed E-state index contributed by atoms with van der Waals surface area (Å²) in [6, 6.07) is 8.78. The predicted octanol–water partition coefficient (Wildman–Crippen LogP) is 5.13. The lowest BCUT2D eigenvalue weighted by atomic mass is 10.0. The average Bonchev–Trinajstić information content (AvgIpc) is 3.47. The van der Waals surface area contributed by atoms with E-state index in [1.807, 2.05) is 9.47 Å². The maximum Gasteiger partial charge on any atom is 0.417 e. The number of hydrogen-bond donors (Lipinski definition) is 2. The number of rotatable bonds is 7. The minimum atomic E-state index is -4.59. The van der Waals surface area contributed by atoms with Crippen LogP contribution in [0, 0.1) is 11.8 Å². The van der Waals surface area contributed by atoms with Gasteiger partial charge in [0.2, 0.25) is 11.9 Å². The van der Waals surface area contributed by atoms with Crippen molar-refractivity contribution in [2.45, 2.75) is 58.9 Å². The van der Waals surface area contributed by atoms with Gasteiger partial charge in [-0.1, -0.05) is 18.9 Å². The molecule has 6 rings (SSSR count). The normalized spacial score (nSPS) is 15.2. The highest BCUT2D eigenvalue weighted by Crippen LogP contribution is 2.35. The molecule has 1 saturated heterocycles. The summed E-state index contributed by atoms with van der Waals surface area (Å²) >= 11 is 0. The number of likely N-dealkylation sites (N-methyl/N-ethyl adjacent to an activating group) is 1. The molecule has 56 heavy (non-hydrogen) atoms. The fourth-order valence-corrected chi connectivity index (χ4v) is 6.73. The van der Waals surface area contributed by atoms with E-state index in [-0.39, 0.29) is 36.7 Å². The summed E-state index contributed by atoms with van der Waals surface area (Å²) in [5, 5.41) is 2.60. The molecule has 13 nitrogen and oxygen atoms in total. The molecule has 0 atom stereocenters. The highest BCUT2D eigenvalue weighted by Gasteiger charge is 2.36. The summed E-state index contributed by atoms with van der Waals surface area (Å²) in [6.07, 6.45) is -2.11. The number of carbonyl (C=O) groups excluding carboxylic acids is 3. The fraction of sp³-hybridized carbons (Fsp3) is 0.400. The number of ether oxygens (including phenoxy) is 1. The molecule has 3 N–H and O–H groups in total. The van der Waals surface area contributed by atoms with Crippen LogP contribution in [-0.2, 0) is 42.1 Å². The fourth-order valence-electron chi connectivity index (χ4n) is 6.73. The minimum absolute atomic E-state index is 0.0139. The Hall–Kier alpha value is -5.79. The Bertz CT molecular complexity index is 2210. The Morgan fingerprint density at radius 2 is 1.71 bits per heavy atom. The van der Waals surface area contributed by atoms with E-state index in [1.165, 1.54) is 24.5 Å². The van der Waals surface area contributed by atoms with E-state index in [4.69, 9.17) is 10.5 Å². The molecule has 0 spiro atoms. The standard InChI is InChI=1S/C40H44F3N9O4/c1-6-50-15-17-51(18-16-50)24-27-8-10-29(21-31(27)40(41,42)43)47-34(53)20-25-11-13-45-28(19-25)9-7-26-23-46-37(44)48-35(26)33-22-30-32(49(33)5)12-14-52(36(30)54)38(55)56-39(2,3)4/h8,10-11,13,19,21-23H,6,12,14-18,20,24H2,1-5H3,(H,47,53)(H2,44,46,48). The van der Waals surface area contributed by atoms with Crippen molar-refractivity contribution in [3.05, 3.63) is 88.0 Å². The number of benzene rings is 1. The van der Waals surface area contributed by atoms with Crippen LogP contribution in [0.1, 0.15) is 71.7 Å². The maximum absolute atomic E-state index is 14.1. The zero-order valence-corrected chi connectivity index (χ0v) is 32.0. The number of nitrogens with one attached hydrogen (secondary N) is 1. The first-order valence-electron chi connectivity index (χ1n) is 18.3. The predicted molar refractivity (Wildman–Crippen MR) is 203 cm³/mol. The molecule has 3 aromatic heterocycles. The van der Waals surface area contributed by atoms with Crippen LogP contribution in [0.15, 0.2) is 48.8 Å². The number of anilines is 2. The molecule has 0 unspecified atom stereocenters. The van der Waals surface area contributed by atoms with Crippen molar-refractivity contribution in [3.63, 3.8) is 0 Å². The van der Waals surface area contributed by atoms with Gasteiger partial charge in [-0.2, -0.15) is 13.2 Å². The van der Waals surface area contributed by atoms with Crippen LogP contribution in [0.5, 0.6) is 0 Å². The van der Waals surface area contributed by atoms with Gasteiger partial charge in [-0.15, -0.1) is 0 Å². The van der Waals surface area contributed by atoms with E-state index in [0.29, 0.717) is 59.0 Å². The largest absolute Gasteiger partial charge is 0.443 e. The van der Waals surface area contributed by atoms with E-state index in [9.17, 15) is 27.6 Å². The van der Waals surface area contributed by atoms with Gasteiger partial charge in [-0.3, -0.25) is 14.5 Å². The van der Waals surface area contributed by atoms with Crippen LogP contribution in [0.3, 0.4) is 0 Å². The van der Waals surface area contributed by atoms with Crippen LogP contribution >= 0.6 is 0 Å². The quantitative estimate of drug-likeness (QED) is 0.242. The van der Waals surface area contributed by atoms with Gasteiger partial charge in [0.25, 0.3) is 5.91 Å². The van der Waals surface area contributed by atoms with Gasteiger partial charge >= 0.3 is 12.3 Å². The van der Waals surface area contributed by atoms with Gasteiger partial charge in [0.05, 0.1) is 28.8 Å². The molecule has 1 fully saturated rings. The molecule has 3 amide bonds. The number of amides is 3. The monoisotopic (exact) mass is 771 g/mol. The molecule has 0 radical (unpaired) electrons. The van der Waals surface area contributed by atoms with Gasteiger partial charge < -0.3 is 25.3 Å². The lowest BCUT2D eigenvalue weighted by molar-refractivity contribution is -0.138. The van der Waals surface area contributed by atoms with Crippen LogP contribution in [0.4, 0.5) is 29.6 Å². The highest BCUT2D eigenvalue weighted by atomic mass is 19.4. The molecule has 2 aliphatic heterocycles. The number of nitrogens with two attached hydrogens (primary N) is 1. The third-order valence-corrected chi connectivity index (χ3v) is 9.59. The van der Waals surface area contributed by atoms with Gasteiger partial charge in [-0.05, 0) is 74.7 Å². The molecule has 0 saturated carbocycles. The SMILES string of the molecule is CCN1CCN(Cc2ccc(NC(=O)Cc3ccnc(C#Cc4cnc(N)nc4-c4cc5c(n4C)CCN(C(=O)OC(C)(C)C)C5=O)c3)cc2C(F)(F)F)CC1. The highest BCUT2D eigenvalue weighted by molar-refractivity contribution is 6.05. The Morgan fingerprint density at radius 3 is 2.41 bits per heavy atom. The van der Waals surface area contributed by atoms with Crippen LogP contribution < -0.4 is 11.1 Å². The lowest BCUT2D eigenvalue weighted by Gasteiger charge is -2.34. The Balaban J connectivity index is 1.17. The molecule has 0 bridgehead atoms. The van der Waals surface area contributed by atoms with Crippen molar-refractivity contribution in [2.75, 3.05) is 50.3 Å². The lowest BCUT2D eigenvalue weighted by Crippen LogP contribution is -2.45. The minimum Gasteiger partial charge on any atom is -0.443 e. The van der Waals surface area contributed by atoms with E-state index in [1.54, 1.807) is 46.0 Å². The summed E-state index contributed by atoms with van der Waals surface area (Å²) in [5.41, 5.74) is 7.80. The van der Waals surface area contributed by atoms with Crippen molar-refractivity contribution in [1.29, 1.82) is 0 Å².